The summed E-state index contributed by atoms with van der Waals surface area (Å²) in [5.41, 5.74) is 12.5. The smallest absolute Gasteiger partial charge is 0.318 e. The molecule has 26 heteroatoms. The first-order valence-electron chi connectivity index (χ1n) is 35.8. The van der Waals surface area contributed by atoms with Crippen molar-refractivity contribution in [1.82, 2.24) is 61.1 Å². The van der Waals surface area contributed by atoms with Crippen molar-refractivity contribution in [3.05, 3.63) is 159 Å². The molecule has 0 saturated carbocycles. The lowest BCUT2D eigenvalue weighted by atomic mass is 10.0. The summed E-state index contributed by atoms with van der Waals surface area (Å²) < 4.78 is 39.1. The van der Waals surface area contributed by atoms with Crippen LogP contribution in [0.15, 0.2) is 123 Å². The minimum absolute atomic E-state index is 0.00129. The molecule has 4 N–H and O–H groups in total. The van der Waals surface area contributed by atoms with Gasteiger partial charge in [-0.15, -0.1) is 0 Å². The van der Waals surface area contributed by atoms with Gasteiger partial charge in [-0.3, -0.25) is 0 Å². The van der Waals surface area contributed by atoms with E-state index in [0.717, 1.165) is 102 Å². The first kappa shape index (κ1) is 71.7. The highest BCUT2D eigenvalue weighted by atomic mass is 16.5. The Morgan fingerprint density at radius 2 is 0.810 bits per heavy atom. The third kappa shape index (κ3) is 16.3. The summed E-state index contributed by atoms with van der Waals surface area (Å²) in [7, 11) is 0. The summed E-state index contributed by atoms with van der Waals surface area (Å²) in [6.45, 7) is 18.7. The number of nitrogens with zero attached hydrogens (tertiary/aromatic N) is 12. The molecule has 26 nitrogen and oxygen atoms in total. The van der Waals surface area contributed by atoms with Crippen LogP contribution >= 0.6 is 0 Å². The maximum atomic E-state index is 12.8. The van der Waals surface area contributed by atoms with Crippen molar-refractivity contribution in [2.24, 2.45) is 5.92 Å². The van der Waals surface area contributed by atoms with E-state index >= 15 is 0 Å². The van der Waals surface area contributed by atoms with Crippen LogP contribution in [0.25, 0.3) is 68.5 Å². The molecule has 6 aliphatic rings. The number of fused-ring (bicyclic) bond motifs is 3. The molecule has 0 radical (unpaired) electrons. The summed E-state index contributed by atoms with van der Waals surface area (Å²) in [6.07, 6.45) is 5.68. The van der Waals surface area contributed by atoms with Gasteiger partial charge < -0.3 is 68.3 Å². The van der Waals surface area contributed by atoms with Crippen molar-refractivity contribution in [3.8, 4) is 104 Å². The highest BCUT2D eigenvalue weighted by Crippen LogP contribution is 2.42. The van der Waals surface area contributed by atoms with Crippen molar-refractivity contribution >= 4 is 18.1 Å². The molecule has 0 bridgehead atoms. The molecule has 0 spiro atoms. The van der Waals surface area contributed by atoms with Gasteiger partial charge in [0.25, 0.3) is 17.7 Å². The van der Waals surface area contributed by atoms with Crippen LogP contribution < -0.4 is 30.2 Å². The Kier molecular flexibility index (Phi) is 21.8. The number of carbonyl (C=O) groups excluding carboxylic acids is 3. The van der Waals surface area contributed by atoms with Crippen LogP contribution in [0, 0.1) is 39.9 Å². The van der Waals surface area contributed by atoms with Crippen LogP contribution in [-0.2, 0) is 24.0 Å². The second-order valence-corrected chi connectivity index (χ2v) is 27.8. The largest absolute Gasteiger partial charge is 0.490 e. The molecule has 3 fully saturated rings. The van der Waals surface area contributed by atoms with Gasteiger partial charge >= 0.3 is 18.1 Å². The van der Waals surface area contributed by atoms with E-state index in [1.165, 1.54) is 0 Å². The first-order chi connectivity index (χ1) is 50.9. The topological polar surface area (TPSA) is 342 Å². The molecule has 6 amide bonds. The van der Waals surface area contributed by atoms with Gasteiger partial charge in [-0.1, -0.05) is 77.0 Å². The number of rotatable bonds is 15. The molecule has 0 unspecified atom stereocenters. The molecule has 6 heterocycles. The molecule has 3 aliphatic heterocycles. The maximum absolute atomic E-state index is 12.8. The number of hydrogen-bond acceptors (Lipinski definition) is 20. The fraction of sp³-hybridized carbons (Fsp3) is 0.392. The lowest BCUT2D eigenvalue weighted by molar-refractivity contribution is 0.0525. The number of nitriles is 3. The molecular weight excluding hydrogens is 1330 g/mol. The minimum Gasteiger partial charge on any atom is -0.490 e. The number of aliphatic hydroxyl groups is 1. The monoisotopic (exact) mass is 1420 g/mol. The Labute approximate surface area is 608 Å². The van der Waals surface area contributed by atoms with Crippen LogP contribution in [0.5, 0.6) is 17.2 Å². The molecule has 540 valence electrons. The van der Waals surface area contributed by atoms with Gasteiger partial charge in [0.2, 0.25) is 17.5 Å². The zero-order valence-electron chi connectivity index (χ0n) is 59.7. The molecule has 3 atom stereocenters. The molecule has 3 saturated heterocycles. The van der Waals surface area contributed by atoms with E-state index in [1.54, 1.807) is 52.3 Å². The van der Waals surface area contributed by atoms with Gasteiger partial charge in [0.15, 0.2) is 0 Å². The third-order valence-electron chi connectivity index (χ3n) is 19.2. The average molecular weight is 1420 g/mol. The number of aromatic nitrogens is 6. The van der Waals surface area contributed by atoms with E-state index in [1.807, 2.05) is 107 Å². The van der Waals surface area contributed by atoms with Crippen LogP contribution in [0.2, 0.25) is 0 Å². The average Bonchev–Trinajstić information content (AvgIpc) is 1.65. The SMILES string of the molecule is CC(C)Oc1ccc(-c2nc(-c3cccc4c3CC[C@@H]4NC(=O)N3CCC(O)CC3)no2)cc1C#N.CC(C)Oc1ccc(-c2nc(-c3cccc4c3CC[C@H]4NC(=O)N3CCOCC3)no2)cc1C#N.CC1CN(C(=O)N[C@@H]2CCc3c(-c4noc(-c5ccc(OC(C)C)c(C#N)c5)n4)cccc32)C1. The van der Waals surface area contributed by atoms with Crippen molar-refractivity contribution in [1.29, 1.82) is 15.8 Å². The number of aliphatic hydroxyl groups excluding tert-OH is 1. The second kappa shape index (κ2) is 31.9. The Balaban J connectivity index is 0.000000140. The highest BCUT2D eigenvalue weighted by Gasteiger charge is 2.35. The first-order valence-corrected chi connectivity index (χ1v) is 35.8. The number of likely N-dealkylation sites (tertiary alicyclic amines) is 2. The number of ether oxygens (including phenoxy) is 4. The van der Waals surface area contributed by atoms with Crippen molar-refractivity contribution in [2.45, 2.75) is 142 Å². The summed E-state index contributed by atoms with van der Waals surface area (Å²) in [5.74, 6) is 4.60. The zero-order chi connectivity index (χ0) is 73.4. The fourth-order valence-electron chi connectivity index (χ4n) is 14.1. The van der Waals surface area contributed by atoms with Gasteiger partial charge in [0.1, 0.15) is 35.5 Å². The quantitative estimate of drug-likeness (QED) is 0.0740. The Bertz CT molecular complexity index is 4790. The van der Waals surface area contributed by atoms with E-state index < -0.39 is 0 Å². The number of morpholine rings is 1. The molecule has 9 aromatic rings. The molecule has 6 aromatic carbocycles. The number of hydrogen-bond donors (Lipinski definition) is 4. The van der Waals surface area contributed by atoms with Crippen molar-refractivity contribution in [2.75, 3.05) is 52.5 Å². The summed E-state index contributed by atoms with van der Waals surface area (Å²) in [5, 5.41) is 60.4. The van der Waals surface area contributed by atoms with E-state index in [2.05, 4.69) is 77.6 Å². The highest BCUT2D eigenvalue weighted by molar-refractivity contribution is 5.78. The van der Waals surface area contributed by atoms with Crippen LogP contribution in [0.1, 0.15) is 149 Å². The number of urea groups is 3. The van der Waals surface area contributed by atoms with Crippen LogP contribution in [0.3, 0.4) is 0 Å². The molecular formula is C79H83N15O11. The number of piperidine rings is 1. The van der Waals surface area contributed by atoms with Gasteiger partial charge in [-0.05, 0) is 187 Å². The standard InChI is InChI=1S/C27H29N5O4.C26H27N5O4.C26H27N5O3/c1-16(2)35-24-9-6-17(14-18(24)15-28)26-30-25(31-36-26)22-5-3-4-21-20(22)7-8-23(21)29-27(34)32-12-10-19(33)11-13-32;1-16(2)34-23-9-6-17(14-18(23)15-27)25-29-24(30-35-25)21-5-3-4-20-19(21)7-8-22(20)28-26(32)31-10-12-33-13-11-31;1-15(2)33-23-10-7-17(11-18(23)12-27)25-29-24(30-34-25)21-6-4-5-20-19(21)8-9-22(20)28-26(32)31-13-16(3)14-31/h3-6,9,14,16,19,23,33H,7-8,10-13H2,1-2H3,(H,29,34);3-6,9,14,16,22H,7-8,10-13H2,1-2H3,(H,28,32);4-7,10-11,15-16,22H,8-9,13-14H2,1-3H3,(H,28,32)/t23-;2*22-/m011/s1. The van der Waals surface area contributed by atoms with E-state index in [-0.39, 0.29) is 60.6 Å². The predicted molar refractivity (Wildman–Crippen MR) is 386 cm³/mol. The minimum atomic E-state index is -0.318. The van der Waals surface area contributed by atoms with E-state index in [0.29, 0.717) is 144 Å². The summed E-state index contributed by atoms with van der Waals surface area (Å²) in [6, 6.07) is 39.9. The van der Waals surface area contributed by atoms with Crippen LogP contribution in [0.4, 0.5) is 14.4 Å². The van der Waals surface area contributed by atoms with Gasteiger partial charge in [0, 0.05) is 72.6 Å². The normalized spacial score (nSPS) is 17.4. The van der Waals surface area contributed by atoms with Gasteiger partial charge in [-0.25, -0.2) is 14.4 Å². The second-order valence-electron chi connectivity index (χ2n) is 27.8. The number of amides is 6. The van der Waals surface area contributed by atoms with Crippen molar-refractivity contribution < 1.29 is 52.0 Å². The van der Waals surface area contributed by atoms with Gasteiger partial charge in [0.05, 0.1) is 72.4 Å². The molecule has 105 heavy (non-hydrogen) atoms. The number of nitrogens with one attached hydrogen (secondary N) is 3. The van der Waals surface area contributed by atoms with Crippen molar-refractivity contribution in [3.63, 3.8) is 0 Å². The molecule has 3 aromatic heterocycles. The van der Waals surface area contributed by atoms with Gasteiger partial charge in [-0.2, -0.15) is 30.7 Å². The predicted octanol–water partition coefficient (Wildman–Crippen LogP) is 13.0. The Hall–Kier alpha value is -11.7. The maximum Gasteiger partial charge on any atom is 0.318 e. The Morgan fingerprint density at radius 1 is 0.476 bits per heavy atom. The number of benzene rings is 6. The van der Waals surface area contributed by atoms with Crippen LogP contribution in [-0.4, -0.2) is 145 Å². The summed E-state index contributed by atoms with van der Waals surface area (Å²) in [4.78, 5) is 57.3. The Morgan fingerprint density at radius 3 is 1.13 bits per heavy atom. The van der Waals surface area contributed by atoms with E-state index in [4.69, 9.17) is 32.5 Å². The summed E-state index contributed by atoms with van der Waals surface area (Å²) >= 11 is 0. The molecule has 3 aliphatic carbocycles. The fourth-order valence-corrected chi connectivity index (χ4v) is 14.1. The number of carbonyl (C=O) groups is 3. The lowest BCUT2D eigenvalue weighted by Crippen LogP contribution is -2.53. The zero-order valence-corrected chi connectivity index (χ0v) is 59.7. The third-order valence-corrected chi connectivity index (χ3v) is 19.2. The molecule has 15 rings (SSSR count). The van der Waals surface area contributed by atoms with E-state index in [9.17, 15) is 35.3 Å². The lowest BCUT2D eigenvalue weighted by Gasteiger charge is -2.37.